The van der Waals surface area contributed by atoms with Crippen molar-refractivity contribution in [1.82, 2.24) is 0 Å². The van der Waals surface area contributed by atoms with Crippen molar-refractivity contribution in [2.24, 2.45) is 0 Å². The van der Waals surface area contributed by atoms with Gasteiger partial charge >= 0.3 is 0 Å². The van der Waals surface area contributed by atoms with Gasteiger partial charge in [-0.3, -0.25) is 0 Å². The van der Waals surface area contributed by atoms with Crippen LogP contribution in [0.4, 0.5) is 0 Å². The highest BCUT2D eigenvalue weighted by Gasteiger charge is 2.34. The summed E-state index contributed by atoms with van der Waals surface area (Å²) in [5, 5.41) is 26.0. The Morgan fingerprint density at radius 3 is 1.12 bits per heavy atom. The normalized spacial score (nSPS) is 12.2. The minimum atomic E-state index is -2.09. The minimum absolute atomic E-state index is 0.0551. The van der Waals surface area contributed by atoms with Crippen molar-refractivity contribution in [2.75, 3.05) is 0 Å². The van der Waals surface area contributed by atoms with Gasteiger partial charge in [0.25, 0.3) is 0 Å². The van der Waals surface area contributed by atoms with Crippen LogP contribution in [-0.4, -0.2) is 26.4 Å². The Balaban J connectivity index is 2.10. The highest BCUT2D eigenvalue weighted by molar-refractivity contribution is 7.02. The van der Waals surface area contributed by atoms with Crippen LogP contribution in [-0.2, 0) is 0 Å². The zero-order valence-electron chi connectivity index (χ0n) is 15.8. The van der Waals surface area contributed by atoms with E-state index in [1.807, 2.05) is 48.5 Å². The SMILES string of the molecule is C[Si](C)(c1ccccc1)c1ccc([Si](C)(C)c2ccccc2)c(O)c1O. The van der Waals surface area contributed by atoms with Crippen LogP contribution < -0.4 is 20.7 Å². The van der Waals surface area contributed by atoms with Crippen LogP contribution in [0.2, 0.25) is 26.2 Å². The number of phenols is 2. The predicted molar refractivity (Wildman–Crippen MR) is 116 cm³/mol. The van der Waals surface area contributed by atoms with Crippen molar-refractivity contribution < 1.29 is 10.2 Å². The highest BCUT2D eigenvalue weighted by Crippen LogP contribution is 2.25. The molecule has 0 saturated carbocycles. The number of benzene rings is 3. The second kappa shape index (κ2) is 6.78. The first kappa shape index (κ1) is 18.5. The van der Waals surface area contributed by atoms with Crippen LogP contribution in [0, 0.1) is 0 Å². The lowest BCUT2D eigenvalue weighted by Gasteiger charge is -2.29. The van der Waals surface area contributed by atoms with E-state index in [9.17, 15) is 10.2 Å². The maximum atomic E-state index is 10.9. The fourth-order valence-corrected chi connectivity index (χ4v) is 8.70. The van der Waals surface area contributed by atoms with Gasteiger partial charge in [0.1, 0.15) is 16.1 Å². The summed E-state index contributed by atoms with van der Waals surface area (Å²) in [7, 11) is -4.17. The lowest BCUT2D eigenvalue weighted by Crippen LogP contribution is -2.56. The van der Waals surface area contributed by atoms with E-state index in [0.717, 1.165) is 10.4 Å². The average Bonchev–Trinajstić information content (AvgIpc) is 2.65. The Hall–Kier alpha value is -2.31. The van der Waals surface area contributed by atoms with Crippen molar-refractivity contribution in [2.45, 2.75) is 26.2 Å². The van der Waals surface area contributed by atoms with Gasteiger partial charge in [0.2, 0.25) is 0 Å². The third-order valence-electron chi connectivity index (χ3n) is 5.49. The summed E-state index contributed by atoms with van der Waals surface area (Å²) in [5.41, 5.74) is 0. The van der Waals surface area contributed by atoms with Crippen molar-refractivity contribution in [3.63, 3.8) is 0 Å². The highest BCUT2D eigenvalue weighted by atomic mass is 28.3. The second-order valence-electron chi connectivity index (χ2n) is 7.84. The molecule has 0 amide bonds. The van der Waals surface area contributed by atoms with E-state index in [2.05, 4.69) is 50.5 Å². The molecule has 3 aromatic rings. The number of aromatic hydroxyl groups is 2. The van der Waals surface area contributed by atoms with Gasteiger partial charge in [0.05, 0.1) is 0 Å². The molecule has 3 aromatic carbocycles. The first-order valence-corrected chi connectivity index (χ1v) is 14.9. The Bertz CT molecular complexity index is 828. The smallest absolute Gasteiger partial charge is 0.156 e. The molecule has 0 aliphatic rings. The quantitative estimate of drug-likeness (QED) is 0.541. The van der Waals surface area contributed by atoms with E-state index < -0.39 is 16.1 Å². The van der Waals surface area contributed by atoms with E-state index >= 15 is 0 Å². The zero-order chi connectivity index (χ0) is 18.9. The predicted octanol–water partition coefficient (Wildman–Crippen LogP) is 2.74. The molecule has 0 fully saturated rings. The lowest BCUT2D eigenvalue weighted by atomic mass is 10.3. The van der Waals surface area contributed by atoms with Gasteiger partial charge in [-0.15, -0.1) is 0 Å². The molecule has 3 rings (SSSR count). The lowest BCUT2D eigenvalue weighted by molar-refractivity contribution is 0.409. The zero-order valence-corrected chi connectivity index (χ0v) is 17.8. The van der Waals surface area contributed by atoms with E-state index in [1.54, 1.807) is 0 Å². The molecule has 0 unspecified atom stereocenters. The molecule has 134 valence electrons. The summed E-state index contributed by atoms with van der Waals surface area (Å²) in [5.74, 6) is 0.110. The van der Waals surface area contributed by atoms with Crippen molar-refractivity contribution in [3.8, 4) is 11.5 Å². The van der Waals surface area contributed by atoms with Gasteiger partial charge < -0.3 is 10.2 Å². The maximum Gasteiger partial charge on any atom is 0.156 e. The van der Waals surface area contributed by atoms with Crippen LogP contribution in [0.15, 0.2) is 72.8 Å². The van der Waals surface area contributed by atoms with Crippen LogP contribution >= 0.6 is 0 Å². The summed E-state index contributed by atoms with van der Waals surface area (Å²) in [6.07, 6.45) is 0. The largest absolute Gasteiger partial charge is 0.504 e. The van der Waals surface area contributed by atoms with E-state index in [-0.39, 0.29) is 11.5 Å². The third kappa shape index (κ3) is 3.11. The van der Waals surface area contributed by atoms with Gasteiger partial charge in [-0.2, -0.15) is 0 Å². The molecule has 0 heterocycles. The van der Waals surface area contributed by atoms with Crippen molar-refractivity contribution in [3.05, 3.63) is 72.8 Å². The van der Waals surface area contributed by atoms with Crippen LogP contribution in [0.1, 0.15) is 0 Å². The average molecular weight is 379 g/mol. The molecule has 4 heteroatoms. The molecule has 0 aromatic heterocycles. The monoisotopic (exact) mass is 378 g/mol. The Kier molecular flexibility index (Phi) is 4.82. The van der Waals surface area contributed by atoms with Gasteiger partial charge in [0, 0.05) is 0 Å². The van der Waals surface area contributed by atoms with Gasteiger partial charge in [-0.25, -0.2) is 0 Å². The molecule has 0 aliphatic heterocycles. The molecule has 0 atom stereocenters. The number of hydrogen-bond donors (Lipinski definition) is 2. The van der Waals surface area contributed by atoms with Crippen LogP contribution in [0.3, 0.4) is 0 Å². The van der Waals surface area contributed by atoms with Gasteiger partial charge in [0.15, 0.2) is 11.5 Å². The fourth-order valence-electron chi connectivity index (χ4n) is 3.61. The molecule has 2 nitrogen and oxygen atoms in total. The molecule has 0 aliphatic carbocycles. The van der Waals surface area contributed by atoms with E-state index in [0.29, 0.717) is 0 Å². The molecule has 0 radical (unpaired) electrons. The topological polar surface area (TPSA) is 40.5 Å². The summed E-state index contributed by atoms with van der Waals surface area (Å²) >= 11 is 0. The molecule has 0 bridgehead atoms. The van der Waals surface area contributed by atoms with E-state index in [1.165, 1.54) is 10.4 Å². The Labute approximate surface area is 157 Å². The molecule has 0 spiro atoms. The summed E-state index contributed by atoms with van der Waals surface area (Å²) < 4.78 is 0. The fraction of sp³-hybridized carbons (Fsp3) is 0.182. The standard InChI is InChI=1S/C22H26O2Si2/c1-25(2,17-11-7-5-8-12-17)19-15-16-20(22(24)21(19)23)26(3,4)18-13-9-6-10-14-18/h5-16,23-24H,1-4H3. The molecular formula is C22H26O2Si2. The molecule has 2 N–H and O–H groups in total. The van der Waals surface area contributed by atoms with Crippen molar-refractivity contribution in [1.29, 1.82) is 0 Å². The van der Waals surface area contributed by atoms with E-state index in [4.69, 9.17) is 0 Å². The maximum absolute atomic E-state index is 10.9. The molecule has 26 heavy (non-hydrogen) atoms. The molecule has 0 saturated heterocycles. The van der Waals surface area contributed by atoms with Crippen LogP contribution in [0.5, 0.6) is 11.5 Å². The summed E-state index contributed by atoms with van der Waals surface area (Å²) in [6.45, 7) is 8.82. The number of rotatable bonds is 4. The Morgan fingerprint density at radius 2 is 0.808 bits per heavy atom. The second-order valence-corrected chi connectivity index (χ2v) is 16.6. The first-order valence-electron chi connectivity index (χ1n) is 8.93. The van der Waals surface area contributed by atoms with Gasteiger partial charge in [-0.1, -0.05) is 109 Å². The van der Waals surface area contributed by atoms with Crippen LogP contribution in [0.25, 0.3) is 0 Å². The number of hydrogen-bond acceptors (Lipinski definition) is 2. The molecular weight excluding hydrogens is 352 g/mol. The first-order chi connectivity index (χ1) is 12.3. The Morgan fingerprint density at radius 1 is 0.500 bits per heavy atom. The summed E-state index contributed by atoms with van der Waals surface area (Å²) in [6, 6.07) is 24.6. The third-order valence-corrected chi connectivity index (χ3v) is 12.5. The minimum Gasteiger partial charge on any atom is -0.504 e. The van der Waals surface area contributed by atoms with Gasteiger partial charge in [-0.05, 0) is 10.4 Å². The van der Waals surface area contributed by atoms with Crippen molar-refractivity contribution >= 4 is 36.9 Å². The number of phenolic OH excluding ortho intramolecular Hbond substituents is 2. The summed E-state index contributed by atoms with van der Waals surface area (Å²) in [4.78, 5) is 0.